The highest BCUT2D eigenvalue weighted by Gasteiger charge is 2.40. The van der Waals surface area contributed by atoms with E-state index in [9.17, 15) is 14.7 Å². The number of aryl methyl sites for hydroxylation is 1. The first-order valence-corrected chi connectivity index (χ1v) is 11.9. The Morgan fingerprint density at radius 3 is 2.26 bits per heavy atom. The van der Waals surface area contributed by atoms with Crippen LogP contribution >= 0.6 is 11.6 Å². The van der Waals surface area contributed by atoms with E-state index in [4.69, 9.17) is 16.3 Å². The molecule has 0 bridgehead atoms. The molecule has 1 atom stereocenters. The summed E-state index contributed by atoms with van der Waals surface area (Å²) >= 11 is 6.41. The lowest BCUT2D eigenvalue weighted by Gasteiger charge is -2.26. The SMILES string of the molecule is CCn1cc([C@](C)(NC(=O)OCC2c3ccccc3-c3ccccc32)C(=O)O)c2cccc(Cl)c21. The third kappa shape index (κ3) is 3.74. The van der Waals surface area contributed by atoms with Crippen molar-refractivity contribution in [2.24, 2.45) is 0 Å². The summed E-state index contributed by atoms with van der Waals surface area (Å²) in [5, 5.41) is 14.0. The van der Waals surface area contributed by atoms with Crippen molar-refractivity contribution in [1.29, 1.82) is 0 Å². The quantitative estimate of drug-likeness (QED) is 0.341. The maximum atomic E-state index is 13.0. The second-order valence-corrected chi connectivity index (χ2v) is 9.25. The maximum absolute atomic E-state index is 13.0. The number of hydrogen-bond acceptors (Lipinski definition) is 3. The molecule has 1 heterocycles. The van der Waals surface area contributed by atoms with Crippen LogP contribution in [-0.2, 0) is 21.6 Å². The van der Waals surface area contributed by atoms with E-state index in [1.165, 1.54) is 6.92 Å². The van der Waals surface area contributed by atoms with Crippen molar-refractivity contribution in [3.63, 3.8) is 0 Å². The molecule has 3 aromatic carbocycles. The molecule has 7 heteroatoms. The fourth-order valence-corrected chi connectivity index (χ4v) is 5.32. The molecule has 0 saturated heterocycles. The lowest BCUT2D eigenvalue weighted by atomic mass is 9.92. The molecule has 0 saturated carbocycles. The molecule has 4 aromatic rings. The monoisotopic (exact) mass is 488 g/mol. The second-order valence-electron chi connectivity index (χ2n) is 8.85. The van der Waals surface area contributed by atoms with E-state index in [1.807, 2.05) is 54.0 Å². The standard InChI is InChI=1S/C28H25ClN2O4/c1-3-31-15-23(21-13-8-14-24(29)25(21)31)28(2,26(32)33)30-27(34)35-16-22-19-11-6-4-9-17(19)18-10-5-7-12-20(18)22/h4-15,22H,3,16H2,1-2H3,(H,30,34)(H,32,33)/t28-/m0/s1. The average Bonchev–Trinajstić information content (AvgIpc) is 3.40. The third-order valence-corrected chi connectivity index (χ3v) is 7.16. The van der Waals surface area contributed by atoms with Crippen molar-refractivity contribution < 1.29 is 19.4 Å². The summed E-state index contributed by atoms with van der Waals surface area (Å²) in [6.45, 7) is 4.11. The van der Waals surface area contributed by atoms with Gasteiger partial charge in [-0.15, -0.1) is 0 Å². The smallest absolute Gasteiger partial charge is 0.408 e. The molecular weight excluding hydrogens is 464 g/mol. The van der Waals surface area contributed by atoms with Gasteiger partial charge in [-0.05, 0) is 42.2 Å². The number of aromatic nitrogens is 1. The van der Waals surface area contributed by atoms with Crippen molar-refractivity contribution >= 4 is 34.6 Å². The van der Waals surface area contributed by atoms with Crippen LogP contribution in [0.5, 0.6) is 0 Å². The van der Waals surface area contributed by atoms with Gasteiger partial charge >= 0.3 is 12.1 Å². The Kier molecular flexibility index (Phi) is 5.77. The fourth-order valence-electron chi connectivity index (χ4n) is 5.04. The number of carboxylic acid groups (broad SMARTS) is 1. The normalized spacial score (nSPS) is 14.3. The minimum Gasteiger partial charge on any atom is -0.479 e. The van der Waals surface area contributed by atoms with Crippen LogP contribution < -0.4 is 5.32 Å². The molecule has 1 aliphatic carbocycles. The summed E-state index contributed by atoms with van der Waals surface area (Å²) in [6.07, 6.45) is 0.935. The predicted octanol–water partition coefficient (Wildman–Crippen LogP) is 6.15. The number of para-hydroxylation sites is 1. The lowest BCUT2D eigenvalue weighted by molar-refractivity contribution is -0.144. The largest absolute Gasteiger partial charge is 0.479 e. The number of alkyl carbamates (subject to hydrolysis) is 1. The Bertz CT molecular complexity index is 1420. The molecular formula is C28H25ClN2O4. The third-order valence-electron chi connectivity index (χ3n) is 6.85. The number of fused-ring (bicyclic) bond motifs is 4. The zero-order valence-electron chi connectivity index (χ0n) is 19.4. The number of rotatable bonds is 6. The molecule has 0 radical (unpaired) electrons. The Hall–Kier alpha value is -3.77. The Morgan fingerprint density at radius 1 is 1.03 bits per heavy atom. The van der Waals surface area contributed by atoms with Gasteiger partial charge in [-0.3, -0.25) is 0 Å². The van der Waals surface area contributed by atoms with Crippen LogP contribution in [0.25, 0.3) is 22.0 Å². The number of amides is 1. The van der Waals surface area contributed by atoms with Crippen molar-refractivity contribution in [2.75, 3.05) is 6.61 Å². The molecule has 1 aliphatic rings. The summed E-state index contributed by atoms with van der Waals surface area (Å²) in [6, 6.07) is 21.4. The predicted molar refractivity (Wildman–Crippen MR) is 136 cm³/mol. The first kappa shape index (κ1) is 23.0. The number of halogens is 1. The first-order chi connectivity index (χ1) is 16.8. The van der Waals surface area contributed by atoms with Gasteiger partial charge in [-0.2, -0.15) is 0 Å². The number of carbonyl (C=O) groups excluding carboxylic acids is 1. The van der Waals surface area contributed by atoms with Crippen LogP contribution in [0.1, 0.15) is 36.5 Å². The molecule has 2 N–H and O–H groups in total. The molecule has 35 heavy (non-hydrogen) atoms. The highest BCUT2D eigenvalue weighted by Crippen LogP contribution is 2.44. The molecule has 1 aromatic heterocycles. The van der Waals surface area contributed by atoms with Gasteiger partial charge in [-0.1, -0.05) is 72.3 Å². The van der Waals surface area contributed by atoms with Crippen LogP contribution in [0.2, 0.25) is 5.02 Å². The lowest BCUT2D eigenvalue weighted by Crippen LogP contribution is -2.49. The van der Waals surface area contributed by atoms with Gasteiger partial charge in [0.15, 0.2) is 5.54 Å². The van der Waals surface area contributed by atoms with Crippen molar-refractivity contribution in [1.82, 2.24) is 9.88 Å². The summed E-state index contributed by atoms with van der Waals surface area (Å²) in [5.41, 5.74) is 3.87. The van der Waals surface area contributed by atoms with E-state index >= 15 is 0 Å². The van der Waals surface area contributed by atoms with Gasteiger partial charge in [0.1, 0.15) is 6.61 Å². The minimum absolute atomic E-state index is 0.0953. The minimum atomic E-state index is -1.72. The fraction of sp³-hybridized carbons (Fsp3) is 0.214. The number of benzene rings is 3. The molecule has 0 unspecified atom stereocenters. The Morgan fingerprint density at radius 2 is 1.66 bits per heavy atom. The highest BCUT2D eigenvalue weighted by molar-refractivity contribution is 6.35. The summed E-state index contributed by atoms with van der Waals surface area (Å²) in [7, 11) is 0. The van der Waals surface area contributed by atoms with E-state index < -0.39 is 17.6 Å². The van der Waals surface area contributed by atoms with E-state index in [0.29, 0.717) is 22.5 Å². The summed E-state index contributed by atoms with van der Waals surface area (Å²) in [5.74, 6) is -1.31. The van der Waals surface area contributed by atoms with Crippen molar-refractivity contribution in [3.8, 4) is 11.1 Å². The molecule has 178 valence electrons. The number of carbonyl (C=O) groups is 2. The molecule has 0 spiro atoms. The van der Waals surface area contributed by atoms with Gasteiger partial charge in [0.2, 0.25) is 0 Å². The van der Waals surface area contributed by atoms with Crippen LogP contribution in [0.3, 0.4) is 0 Å². The van der Waals surface area contributed by atoms with E-state index in [1.54, 1.807) is 18.3 Å². The van der Waals surface area contributed by atoms with E-state index in [2.05, 4.69) is 17.4 Å². The van der Waals surface area contributed by atoms with Crippen LogP contribution in [0.4, 0.5) is 4.79 Å². The molecule has 0 fully saturated rings. The first-order valence-electron chi connectivity index (χ1n) is 11.5. The average molecular weight is 489 g/mol. The molecule has 5 rings (SSSR count). The van der Waals surface area contributed by atoms with Gasteiger partial charge in [0.05, 0.1) is 10.5 Å². The van der Waals surface area contributed by atoms with E-state index in [-0.39, 0.29) is 12.5 Å². The number of aliphatic carboxylic acids is 1. The highest BCUT2D eigenvalue weighted by atomic mass is 35.5. The van der Waals surface area contributed by atoms with Gasteiger partial charge in [0, 0.05) is 29.6 Å². The van der Waals surface area contributed by atoms with Gasteiger partial charge in [0.25, 0.3) is 0 Å². The van der Waals surface area contributed by atoms with Crippen LogP contribution in [0, 0.1) is 0 Å². The molecule has 6 nitrogen and oxygen atoms in total. The van der Waals surface area contributed by atoms with Crippen molar-refractivity contribution in [3.05, 3.63) is 94.6 Å². The van der Waals surface area contributed by atoms with Crippen molar-refractivity contribution in [2.45, 2.75) is 31.8 Å². The topological polar surface area (TPSA) is 80.6 Å². The number of hydrogen-bond donors (Lipinski definition) is 2. The second kappa shape index (κ2) is 8.78. The Balaban J connectivity index is 1.42. The number of carboxylic acids is 1. The van der Waals surface area contributed by atoms with Crippen LogP contribution in [-0.4, -0.2) is 28.3 Å². The van der Waals surface area contributed by atoms with Gasteiger partial charge < -0.3 is 19.7 Å². The van der Waals surface area contributed by atoms with Crippen LogP contribution in [0.15, 0.2) is 72.9 Å². The van der Waals surface area contributed by atoms with E-state index in [0.717, 1.165) is 27.8 Å². The number of nitrogens with one attached hydrogen (secondary N) is 1. The Labute approximate surface area is 208 Å². The number of nitrogens with zero attached hydrogens (tertiary/aromatic N) is 1. The number of ether oxygens (including phenoxy) is 1. The van der Waals surface area contributed by atoms with Gasteiger partial charge in [-0.25, -0.2) is 9.59 Å². The summed E-state index contributed by atoms with van der Waals surface area (Å²) in [4.78, 5) is 25.4. The zero-order valence-corrected chi connectivity index (χ0v) is 20.2. The maximum Gasteiger partial charge on any atom is 0.408 e. The molecule has 1 amide bonds. The zero-order chi connectivity index (χ0) is 24.7. The molecule has 0 aliphatic heterocycles. The summed E-state index contributed by atoms with van der Waals surface area (Å²) < 4.78 is 7.51.